The number of ether oxygens (including phenoxy) is 1. The normalized spacial score (nSPS) is 23.2. The molecule has 1 atom stereocenters. The molecule has 0 unspecified atom stereocenters. The molecule has 3 amide bonds. The van der Waals surface area contributed by atoms with E-state index in [-0.39, 0.29) is 24.0 Å². The van der Waals surface area contributed by atoms with Crippen LogP contribution in [-0.4, -0.2) is 77.0 Å². The van der Waals surface area contributed by atoms with Crippen LogP contribution in [0.3, 0.4) is 0 Å². The smallest absolute Gasteiger partial charge is 0.353 e. The van der Waals surface area contributed by atoms with Crippen LogP contribution in [0, 0.1) is 0 Å². The van der Waals surface area contributed by atoms with E-state index < -0.39 is 29.4 Å². The Bertz CT molecular complexity index is 905. The summed E-state index contributed by atoms with van der Waals surface area (Å²) in [5.74, 6) is -0.795. The third-order valence-electron chi connectivity index (χ3n) is 6.90. The summed E-state index contributed by atoms with van der Waals surface area (Å²) >= 11 is 0. The van der Waals surface area contributed by atoms with Gasteiger partial charge in [-0.2, -0.15) is 13.2 Å². The molecule has 1 saturated carbocycles. The Hall–Kier alpha value is -2.62. The molecule has 7 nitrogen and oxygen atoms in total. The standard InChI is InChI=1S/C23H28F3N3O4/c1-16(30)27-11-13-28(14-12-27)21(32)19-15-33-22(9-3-2-4-10-22)29(19)20(31)17-5-7-18(8-6-17)23(24,25)26/h5-8,19H,2-4,9-15H2,1H3/t19-/m1/s1. The Labute approximate surface area is 190 Å². The first-order valence-electron chi connectivity index (χ1n) is 11.3. The van der Waals surface area contributed by atoms with Crippen molar-refractivity contribution in [3.05, 3.63) is 35.4 Å². The van der Waals surface area contributed by atoms with Gasteiger partial charge in [0, 0.05) is 38.7 Å². The number of alkyl halides is 3. The van der Waals surface area contributed by atoms with Crippen molar-refractivity contribution in [3.63, 3.8) is 0 Å². The van der Waals surface area contributed by atoms with Gasteiger partial charge in [0.1, 0.15) is 11.8 Å². The van der Waals surface area contributed by atoms with Gasteiger partial charge in [-0.05, 0) is 49.9 Å². The quantitative estimate of drug-likeness (QED) is 0.671. The SMILES string of the molecule is CC(=O)N1CCN(C(=O)[C@H]2COC3(CCCCC3)N2C(=O)c2ccc(C(F)(F)F)cc2)CC1. The summed E-state index contributed by atoms with van der Waals surface area (Å²) in [5.41, 5.74) is -1.66. The molecular weight excluding hydrogens is 439 g/mol. The largest absolute Gasteiger partial charge is 0.416 e. The topological polar surface area (TPSA) is 70.2 Å². The van der Waals surface area contributed by atoms with E-state index in [1.54, 1.807) is 9.80 Å². The second kappa shape index (κ2) is 8.96. The van der Waals surface area contributed by atoms with Gasteiger partial charge in [-0.25, -0.2) is 0 Å². The number of hydrogen-bond acceptors (Lipinski definition) is 4. The van der Waals surface area contributed by atoms with Gasteiger partial charge in [0.25, 0.3) is 5.91 Å². The van der Waals surface area contributed by atoms with Crippen LogP contribution in [0.2, 0.25) is 0 Å². The van der Waals surface area contributed by atoms with Crippen LogP contribution in [0.4, 0.5) is 13.2 Å². The molecule has 2 saturated heterocycles. The molecular formula is C23H28F3N3O4. The van der Waals surface area contributed by atoms with Crippen LogP contribution in [0.25, 0.3) is 0 Å². The summed E-state index contributed by atoms with van der Waals surface area (Å²) < 4.78 is 45.0. The van der Waals surface area contributed by atoms with Crippen molar-refractivity contribution < 1.29 is 32.3 Å². The molecule has 180 valence electrons. The summed E-state index contributed by atoms with van der Waals surface area (Å²) in [6, 6.07) is 3.24. The summed E-state index contributed by atoms with van der Waals surface area (Å²) in [6.45, 7) is 3.12. The van der Waals surface area contributed by atoms with Crippen molar-refractivity contribution in [2.45, 2.75) is 57.0 Å². The molecule has 1 aromatic rings. The minimum absolute atomic E-state index is 0.0495. The molecule has 0 aromatic heterocycles. The highest BCUT2D eigenvalue weighted by molar-refractivity contribution is 5.98. The molecule has 3 aliphatic rings. The lowest BCUT2D eigenvalue weighted by molar-refractivity contribution is -0.142. The van der Waals surface area contributed by atoms with E-state index >= 15 is 0 Å². The number of carbonyl (C=O) groups is 3. The number of amides is 3. The predicted molar refractivity (Wildman–Crippen MR) is 112 cm³/mol. The minimum Gasteiger partial charge on any atom is -0.353 e. The van der Waals surface area contributed by atoms with Crippen molar-refractivity contribution in [3.8, 4) is 0 Å². The van der Waals surface area contributed by atoms with Crippen LogP contribution >= 0.6 is 0 Å². The van der Waals surface area contributed by atoms with E-state index in [0.717, 1.165) is 43.5 Å². The zero-order valence-corrected chi connectivity index (χ0v) is 18.6. The fourth-order valence-electron chi connectivity index (χ4n) is 5.05. The number of carbonyl (C=O) groups excluding carboxylic acids is 3. The Morgan fingerprint density at radius 3 is 2.06 bits per heavy atom. The summed E-state index contributed by atoms with van der Waals surface area (Å²) in [6.07, 6.45) is -0.644. The van der Waals surface area contributed by atoms with Crippen LogP contribution in [0.5, 0.6) is 0 Å². The minimum atomic E-state index is -4.50. The molecule has 0 bridgehead atoms. The first-order chi connectivity index (χ1) is 15.6. The fourth-order valence-corrected chi connectivity index (χ4v) is 5.05. The maximum atomic E-state index is 13.6. The van der Waals surface area contributed by atoms with Gasteiger partial charge in [0.2, 0.25) is 11.8 Å². The molecule has 33 heavy (non-hydrogen) atoms. The Morgan fingerprint density at radius 2 is 1.52 bits per heavy atom. The zero-order valence-electron chi connectivity index (χ0n) is 18.6. The molecule has 1 aliphatic carbocycles. The Balaban J connectivity index is 1.58. The highest BCUT2D eigenvalue weighted by Gasteiger charge is 2.53. The van der Waals surface area contributed by atoms with Gasteiger partial charge >= 0.3 is 6.18 Å². The van der Waals surface area contributed by atoms with Gasteiger partial charge in [-0.3, -0.25) is 19.3 Å². The average molecular weight is 467 g/mol. The number of nitrogens with zero attached hydrogens (tertiary/aromatic N) is 3. The van der Waals surface area contributed by atoms with Crippen molar-refractivity contribution in [2.75, 3.05) is 32.8 Å². The Morgan fingerprint density at radius 1 is 0.939 bits per heavy atom. The maximum Gasteiger partial charge on any atom is 0.416 e. The number of halogens is 3. The molecule has 2 heterocycles. The predicted octanol–water partition coefficient (Wildman–Crippen LogP) is 2.90. The molecule has 2 aliphatic heterocycles. The second-order valence-electron chi connectivity index (χ2n) is 8.92. The second-order valence-corrected chi connectivity index (χ2v) is 8.92. The zero-order chi connectivity index (χ0) is 23.8. The molecule has 4 rings (SSSR count). The van der Waals surface area contributed by atoms with Crippen LogP contribution in [-0.2, 0) is 20.5 Å². The molecule has 1 aromatic carbocycles. The number of benzene rings is 1. The average Bonchev–Trinajstić information content (AvgIpc) is 3.16. The van der Waals surface area contributed by atoms with Gasteiger partial charge < -0.3 is 14.5 Å². The van der Waals surface area contributed by atoms with Gasteiger partial charge in [0.15, 0.2) is 0 Å². The van der Waals surface area contributed by atoms with Crippen LogP contribution in [0.1, 0.15) is 54.9 Å². The van der Waals surface area contributed by atoms with Crippen molar-refractivity contribution in [1.29, 1.82) is 0 Å². The first-order valence-corrected chi connectivity index (χ1v) is 11.3. The Kier molecular flexibility index (Phi) is 6.39. The molecule has 0 N–H and O–H groups in total. The van der Waals surface area contributed by atoms with Gasteiger partial charge in [0.05, 0.1) is 12.2 Å². The lowest BCUT2D eigenvalue weighted by atomic mass is 9.89. The van der Waals surface area contributed by atoms with E-state index in [4.69, 9.17) is 4.74 Å². The lowest BCUT2D eigenvalue weighted by Crippen LogP contribution is -2.59. The molecule has 0 radical (unpaired) electrons. The van der Waals surface area contributed by atoms with Gasteiger partial charge in [-0.15, -0.1) is 0 Å². The highest BCUT2D eigenvalue weighted by Crippen LogP contribution is 2.42. The van der Waals surface area contributed by atoms with Crippen LogP contribution in [0.15, 0.2) is 24.3 Å². The first kappa shape index (κ1) is 23.5. The van der Waals surface area contributed by atoms with Crippen molar-refractivity contribution in [1.82, 2.24) is 14.7 Å². The number of piperazine rings is 1. The molecule has 3 fully saturated rings. The van der Waals surface area contributed by atoms with E-state index in [2.05, 4.69) is 0 Å². The van der Waals surface area contributed by atoms with Crippen molar-refractivity contribution in [2.24, 2.45) is 0 Å². The third-order valence-corrected chi connectivity index (χ3v) is 6.90. The molecule has 1 spiro atoms. The van der Waals surface area contributed by atoms with E-state index in [9.17, 15) is 27.6 Å². The van der Waals surface area contributed by atoms with Gasteiger partial charge in [-0.1, -0.05) is 6.42 Å². The van der Waals surface area contributed by atoms with Crippen LogP contribution < -0.4 is 0 Å². The van der Waals surface area contributed by atoms with E-state index in [1.807, 2.05) is 0 Å². The van der Waals surface area contributed by atoms with E-state index in [0.29, 0.717) is 39.0 Å². The summed E-state index contributed by atoms with van der Waals surface area (Å²) in [5, 5.41) is 0. The summed E-state index contributed by atoms with van der Waals surface area (Å²) in [7, 11) is 0. The third kappa shape index (κ3) is 4.58. The van der Waals surface area contributed by atoms with Crippen molar-refractivity contribution >= 4 is 17.7 Å². The van der Waals surface area contributed by atoms with E-state index in [1.165, 1.54) is 11.8 Å². The number of hydrogen-bond donors (Lipinski definition) is 0. The monoisotopic (exact) mass is 467 g/mol. The fraction of sp³-hybridized carbons (Fsp3) is 0.609. The number of rotatable bonds is 2. The highest BCUT2D eigenvalue weighted by atomic mass is 19.4. The maximum absolute atomic E-state index is 13.6. The lowest BCUT2D eigenvalue weighted by Gasteiger charge is -2.43. The summed E-state index contributed by atoms with van der Waals surface area (Å²) in [4.78, 5) is 43.4. The molecule has 10 heteroatoms.